The first kappa shape index (κ1) is 24.0. The fourth-order valence-electron chi connectivity index (χ4n) is 4.36. The number of allylic oxidation sites excluding steroid dienone is 2. The van der Waals surface area contributed by atoms with Crippen molar-refractivity contribution in [2.24, 2.45) is 5.92 Å². The van der Waals surface area contributed by atoms with E-state index in [9.17, 15) is 14.0 Å². The van der Waals surface area contributed by atoms with Crippen LogP contribution < -0.4 is 14.8 Å². The Morgan fingerprint density at radius 3 is 2.59 bits per heavy atom. The van der Waals surface area contributed by atoms with Gasteiger partial charge in [-0.1, -0.05) is 6.07 Å². The number of piperidine rings is 1. The number of halogens is 1. The number of ether oxygens (including phenoxy) is 2. The van der Waals surface area contributed by atoms with Crippen molar-refractivity contribution in [1.82, 2.24) is 10.2 Å². The average Bonchev–Trinajstić information content (AvgIpc) is 3.19. The van der Waals surface area contributed by atoms with Crippen molar-refractivity contribution in [3.05, 3.63) is 70.7 Å². The lowest BCUT2D eigenvalue weighted by Gasteiger charge is -2.32. The Hall–Kier alpha value is -3.19. The molecule has 2 aliphatic heterocycles. The number of ketones is 1. The van der Waals surface area contributed by atoms with Gasteiger partial charge in [0.2, 0.25) is 5.78 Å². The Kier molecular flexibility index (Phi) is 7.63. The third-order valence-electron chi connectivity index (χ3n) is 6.33. The second-order valence-electron chi connectivity index (χ2n) is 9.09. The summed E-state index contributed by atoms with van der Waals surface area (Å²) in [6.07, 6.45) is 2.91. The third-order valence-corrected chi connectivity index (χ3v) is 6.33. The Balaban J connectivity index is 1.16. The van der Waals surface area contributed by atoms with Gasteiger partial charge in [-0.3, -0.25) is 9.59 Å². The Bertz CT molecular complexity index is 1070. The van der Waals surface area contributed by atoms with Crippen molar-refractivity contribution in [3.63, 3.8) is 0 Å². The van der Waals surface area contributed by atoms with Crippen LogP contribution in [0.5, 0.6) is 11.5 Å². The summed E-state index contributed by atoms with van der Waals surface area (Å²) in [5.74, 6) is 1.36. The summed E-state index contributed by atoms with van der Waals surface area (Å²) in [5, 5.41) is 2.97. The van der Waals surface area contributed by atoms with Gasteiger partial charge in [0.05, 0.1) is 6.61 Å². The quantitative estimate of drug-likeness (QED) is 0.455. The van der Waals surface area contributed by atoms with Gasteiger partial charge in [-0.25, -0.2) is 4.39 Å². The highest BCUT2D eigenvalue weighted by Crippen LogP contribution is 2.38. The number of benzene rings is 2. The van der Waals surface area contributed by atoms with Crippen LogP contribution in [0.1, 0.15) is 53.8 Å². The molecule has 0 unspecified atom stereocenters. The lowest BCUT2D eigenvalue weighted by atomic mass is 9.96. The zero-order valence-corrected chi connectivity index (χ0v) is 19.7. The summed E-state index contributed by atoms with van der Waals surface area (Å²) in [6.45, 7) is 7.78. The molecule has 0 saturated carbocycles. The second kappa shape index (κ2) is 10.8. The molecule has 2 aromatic rings. The molecule has 34 heavy (non-hydrogen) atoms. The zero-order chi connectivity index (χ0) is 24.1. The highest BCUT2D eigenvalue weighted by molar-refractivity contribution is 6.14. The molecule has 2 heterocycles. The first-order valence-electron chi connectivity index (χ1n) is 11.8. The van der Waals surface area contributed by atoms with Gasteiger partial charge in [0.25, 0.3) is 5.91 Å². The molecular weight excluding hydrogens is 435 g/mol. The topological polar surface area (TPSA) is 67.9 Å². The summed E-state index contributed by atoms with van der Waals surface area (Å²) in [4.78, 5) is 27.3. The van der Waals surface area contributed by atoms with Gasteiger partial charge in [0.1, 0.15) is 22.9 Å². The van der Waals surface area contributed by atoms with E-state index in [4.69, 9.17) is 9.47 Å². The van der Waals surface area contributed by atoms with E-state index >= 15 is 0 Å². The van der Waals surface area contributed by atoms with E-state index in [1.54, 1.807) is 6.07 Å². The summed E-state index contributed by atoms with van der Waals surface area (Å²) in [6, 6.07) is 11.1. The third kappa shape index (κ3) is 5.65. The number of amides is 1. The molecule has 0 atom stereocenters. The molecule has 0 radical (unpaired) electrons. The standard InChI is InChI=1S/C27H31FN2O4/c1-18(2)26-25(31)24-22(5-3-6-23(24)34-26)33-16-4-13-30-14-11-19(12-15-30)17-29-27(32)20-7-9-21(28)10-8-20/h3,5-10,19H,4,11-17H2,1-2H3,(H,29,32). The van der Waals surface area contributed by atoms with E-state index in [0.29, 0.717) is 47.5 Å². The first-order chi connectivity index (χ1) is 16.4. The zero-order valence-electron chi connectivity index (χ0n) is 19.7. The number of carbonyl (C=O) groups excluding carboxylic acids is 2. The van der Waals surface area contributed by atoms with Gasteiger partial charge >= 0.3 is 0 Å². The van der Waals surface area contributed by atoms with Crippen LogP contribution in [-0.2, 0) is 0 Å². The van der Waals surface area contributed by atoms with Gasteiger partial charge in [0.15, 0.2) is 5.76 Å². The molecule has 0 spiro atoms. The molecule has 1 N–H and O–H groups in total. The second-order valence-corrected chi connectivity index (χ2v) is 9.09. The van der Waals surface area contributed by atoms with Crippen molar-refractivity contribution < 1.29 is 23.5 Å². The smallest absolute Gasteiger partial charge is 0.251 e. The van der Waals surface area contributed by atoms with Crippen molar-refractivity contribution in [3.8, 4) is 11.5 Å². The van der Waals surface area contributed by atoms with Crippen molar-refractivity contribution in [2.45, 2.75) is 33.1 Å². The number of nitrogens with zero attached hydrogens (tertiary/aromatic N) is 1. The fraction of sp³-hybridized carbons (Fsp3) is 0.407. The maximum Gasteiger partial charge on any atom is 0.251 e. The number of fused-ring (bicyclic) bond motifs is 1. The van der Waals surface area contributed by atoms with E-state index < -0.39 is 0 Å². The van der Waals surface area contributed by atoms with Crippen molar-refractivity contribution in [2.75, 3.05) is 32.8 Å². The van der Waals surface area contributed by atoms with E-state index in [1.165, 1.54) is 24.3 Å². The predicted octanol–water partition coefficient (Wildman–Crippen LogP) is 4.61. The molecule has 1 saturated heterocycles. The van der Waals surface area contributed by atoms with Crippen LogP contribution in [-0.4, -0.2) is 49.4 Å². The summed E-state index contributed by atoms with van der Waals surface area (Å²) in [5.41, 5.74) is 1.85. The van der Waals surface area contributed by atoms with Crippen LogP contribution in [0, 0.1) is 11.7 Å². The molecule has 7 heteroatoms. The van der Waals surface area contributed by atoms with Crippen LogP contribution >= 0.6 is 0 Å². The Labute approximate surface area is 199 Å². The maximum atomic E-state index is 13.0. The van der Waals surface area contributed by atoms with Crippen LogP contribution in [0.15, 0.2) is 53.8 Å². The average molecular weight is 467 g/mol. The maximum absolute atomic E-state index is 13.0. The fourth-order valence-corrected chi connectivity index (χ4v) is 4.36. The molecule has 1 amide bonds. The molecule has 0 bridgehead atoms. The number of carbonyl (C=O) groups is 2. The SMILES string of the molecule is CC(C)=C1Oc2cccc(OCCCN3CCC(CNC(=O)c4ccc(F)cc4)CC3)c2C1=O. The number of hydrogen-bond acceptors (Lipinski definition) is 5. The van der Waals surface area contributed by atoms with Crippen molar-refractivity contribution >= 4 is 11.7 Å². The van der Waals surface area contributed by atoms with E-state index in [1.807, 2.05) is 26.0 Å². The van der Waals surface area contributed by atoms with Crippen molar-refractivity contribution in [1.29, 1.82) is 0 Å². The highest BCUT2D eigenvalue weighted by atomic mass is 19.1. The molecule has 4 rings (SSSR count). The molecule has 1 fully saturated rings. The van der Waals surface area contributed by atoms with Crippen LogP contribution in [0.25, 0.3) is 0 Å². The molecule has 0 aromatic heterocycles. The summed E-state index contributed by atoms with van der Waals surface area (Å²) in [7, 11) is 0. The largest absolute Gasteiger partial charge is 0.493 e. The number of Topliss-reactive ketones (excluding diaryl/α,β-unsaturated/α-hetero) is 1. The molecule has 180 valence electrons. The lowest BCUT2D eigenvalue weighted by molar-refractivity contribution is 0.0933. The van der Waals surface area contributed by atoms with Gasteiger partial charge in [0, 0.05) is 18.7 Å². The molecule has 0 aliphatic carbocycles. The minimum Gasteiger partial charge on any atom is -0.493 e. The van der Waals surface area contributed by atoms with Crippen LogP contribution in [0.4, 0.5) is 4.39 Å². The molecule has 2 aliphatic rings. The molecule has 2 aromatic carbocycles. The van der Waals surface area contributed by atoms with Gasteiger partial charge in [-0.15, -0.1) is 0 Å². The summed E-state index contributed by atoms with van der Waals surface area (Å²) >= 11 is 0. The highest BCUT2D eigenvalue weighted by Gasteiger charge is 2.31. The van der Waals surface area contributed by atoms with Crippen LogP contribution in [0.3, 0.4) is 0 Å². The molecule has 6 nitrogen and oxygen atoms in total. The number of hydrogen-bond donors (Lipinski definition) is 1. The van der Waals surface area contributed by atoms with Gasteiger partial charge in [-0.2, -0.15) is 0 Å². The van der Waals surface area contributed by atoms with E-state index in [0.717, 1.165) is 44.5 Å². The first-order valence-corrected chi connectivity index (χ1v) is 11.8. The lowest BCUT2D eigenvalue weighted by Crippen LogP contribution is -2.39. The van der Waals surface area contributed by atoms with Crippen LogP contribution in [0.2, 0.25) is 0 Å². The van der Waals surface area contributed by atoms with Gasteiger partial charge < -0.3 is 19.7 Å². The Morgan fingerprint density at radius 2 is 1.88 bits per heavy atom. The minimum atomic E-state index is -0.345. The number of likely N-dealkylation sites (tertiary alicyclic amines) is 1. The van der Waals surface area contributed by atoms with Gasteiger partial charge in [-0.05, 0) is 94.1 Å². The number of nitrogens with one attached hydrogen (secondary N) is 1. The summed E-state index contributed by atoms with van der Waals surface area (Å²) < 4.78 is 24.7. The normalized spacial score (nSPS) is 16.2. The monoisotopic (exact) mass is 466 g/mol. The minimum absolute atomic E-state index is 0.112. The predicted molar refractivity (Wildman–Crippen MR) is 128 cm³/mol. The van der Waals surface area contributed by atoms with E-state index in [-0.39, 0.29) is 17.5 Å². The molecular formula is C27H31FN2O4. The van der Waals surface area contributed by atoms with E-state index in [2.05, 4.69) is 10.2 Å². The number of rotatable bonds is 8. The Morgan fingerprint density at radius 1 is 1.15 bits per heavy atom.